The van der Waals surface area contributed by atoms with Gasteiger partial charge in [-0.3, -0.25) is 4.68 Å². The minimum atomic E-state index is 0.450. The van der Waals surface area contributed by atoms with Gasteiger partial charge in [0.05, 0.1) is 12.6 Å². The van der Waals surface area contributed by atoms with E-state index in [4.69, 9.17) is 4.74 Å². The molecule has 0 saturated carbocycles. The minimum Gasteiger partial charge on any atom is -0.379 e. The van der Waals surface area contributed by atoms with Gasteiger partial charge >= 0.3 is 0 Å². The fourth-order valence-corrected chi connectivity index (χ4v) is 1.18. The largest absolute Gasteiger partial charge is 0.379 e. The molecular weight excluding hydrogens is 128 g/mol. The molecule has 1 aliphatic heterocycles. The van der Waals surface area contributed by atoms with Crippen LogP contribution in [-0.2, 0) is 4.74 Å². The summed E-state index contributed by atoms with van der Waals surface area (Å²) in [5.41, 5.74) is 0. The Morgan fingerprint density at radius 2 is 2.70 bits per heavy atom. The summed E-state index contributed by atoms with van der Waals surface area (Å²) >= 11 is 0. The van der Waals surface area contributed by atoms with Gasteiger partial charge in [0.25, 0.3) is 0 Å². The number of aromatic nitrogens is 2. The van der Waals surface area contributed by atoms with Gasteiger partial charge in [0.2, 0.25) is 0 Å². The predicted molar refractivity (Wildman–Crippen MR) is 35.5 cm³/mol. The van der Waals surface area contributed by atoms with Crippen molar-refractivity contribution in [2.75, 3.05) is 13.2 Å². The van der Waals surface area contributed by atoms with Crippen LogP contribution in [0.3, 0.4) is 0 Å². The topological polar surface area (TPSA) is 27.1 Å². The molecule has 1 aromatic rings. The van der Waals surface area contributed by atoms with E-state index in [9.17, 15) is 0 Å². The lowest BCUT2D eigenvalue weighted by Gasteiger charge is -2.05. The molecule has 0 amide bonds. The molecule has 53 valence electrons. The van der Waals surface area contributed by atoms with Crippen molar-refractivity contribution in [3.63, 3.8) is 0 Å². The lowest BCUT2D eigenvalue weighted by molar-refractivity contribution is 0.184. The number of rotatable bonds is 1. The van der Waals surface area contributed by atoms with E-state index in [1.807, 2.05) is 16.9 Å². The molecule has 0 aliphatic carbocycles. The zero-order chi connectivity index (χ0) is 6.81. The Kier molecular flexibility index (Phi) is 1.43. The van der Waals surface area contributed by atoms with Crippen LogP contribution in [0.2, 0.25) is 0 Å². The first kappa shape index (κ1) is 5.92. The van der Waals surface area contributed by atoms with Crippen LogP contribution in [0.4, 0.5) is 0 Å². The number of hydrogen-bond donors (Lipinski definition) is 0. The van der Waals surface area contributed by atoms with Crippen LogP contribution in [0.1, 0.15) is 12.5 Å². The number of ether oxygens (including phenoxy) is 1. The van der Waals surface area contributed by atoms with Crippen molar-refractivity contribution in [3.8, 4) is 0 Å². The van der Waals surface area contributed by atoms with Crippen LogP contribution in [-0.4, -0.2) is 23.0 Å². The molecule has 0 spiro atoms. The fraction of sp³-hybridized carbons (Fsp3) is 0.571. The molecule has 3 heteroatoms. The summed E-state index contributed by atoms with van der Waals surface area (Å²) < 4.78 is 7.12. The Balaban J connectivity index is 2.12. The van der Waals surface area contributed by atoms with Gasteiger partial charge in [0, 0.05) is 12.8 Å². The fourth-order valence-electron chi connectivity index (χ4n) is 1.18. The van der Waals surface area contributed by atoms with E-state index in [2.05, 4.69) is 11.3 Å². The Hall–Kier alpha value is -0.830. The van der Waals surface area contributed by atoms with Gasteiger partial charge in [-0.2, -0.15) is 5.10 Å². The van der Waals surface area contributed by atoms with Crippen molar-refractivity contribution in [2.45, 2.75) is 12.5 Å². The molecule has 10 heavy (non-hydrogen) atoms. The molecule has 1 saturated heterocycles. The Labute approximate surface area is 59.6 Å². The van der Waals surface area contributed by atoms with Gasteiger partial charge in [-0.05, 0) is 12.5 Å². The van der Waals surface area contributed by atoms with Gasteiger partial charge in [-0.25, -0.2) is 0 Å². The van der Waals surface area contributed by atoms with Crippen molar-refractivity contribution in [2.24, 2.45) is 0 Å². The number of nitrogens with zero attached hydrogens (tertiary/aromatic N) is 2. The second kappa shape index (κ2) is 2.42. The SMILES string of the molecule is [c]1ccn(C2CCOC2)n1. The summed E-state index contributed by atoms with van der Waals surface area (Å²) in [6.07, 6.45) is 5.77. The van der Waals surface area contributed by atoms with Crippen LogP contribution < -0.4 is 0 Å². The highest BCUT2D eigenvalue weighted by atomic mass is 16.5. The maximum absolute atomic E-state index is 5.21. The van der Waals surface area contributed by atoms with Crippen LogP contribution in [0.5, 0.6) is 0 Å². The van der Waals surface area contributed by atoms with E-state index in [1.54, 1.807) is 0 Å². The molecule has 2 heterocycles. The van der Waals surface area contributed by atoms with Crippen LogP contribution >= 0.6 is 0 Å². The summed E-state index contributed by atoms with van der Waals surface area (Å²) in [4.78, 5) is 0. The Bertz CT molecular complexity index is 189. The van der Waals surface area contributed by atoms with E-state index in [1.165, 1.54) is 0 Å². The molecule has 1 aromatic heterocycles. The van der Waals surface area contributed by atoms with E-state index < -0.39 is 0 Å². The van der Waals surface area contributed by atoms with Crippen molar-refractivity contribution < 1.29 is 4.74 Å². The van der Waals surface area contributed by atoms with E-state index in [0.717, 1.165) is 19.6 Å². The Morgan fingerprint density at radius 3 is 3.30 bits per heavy atom. The highest BCUT2D eigenvalue weighted by molar-refractivity contribution is 4.81. The number of hydrogen-bond acceptors (Lipinski definition) is 2. The zero-order valence-electron chi connectivity index (χ0n) is 5.66. The molecule has 3 nitrogen and oxygen atoms in total. The molecule has 0 bridgehead atoms. The maximum Gasteiger partial charge on any atom is 0.113 e. The monoisotopic (exact) mass is 137 g/mol. The Morgan fingerprint density at radius 1 is 1.70 bits per heavy atom. The highest BCUT2D eigenvalue weighted by Crippen LogP contribution is 2.16. The first-order valence-electron chi connectivity index (χ1n) is 3.46. The average Bonchev–Trinajstić information content (AvgIpc) is 2.59. The molecule has 0 N–H and O–H groups in total. The van der Waals surface area contributed by atoms with Gasteiger partial charge in [-0.1, -0.05) is 0 Å². The third kappa shape index (κ3) is 0.926. The van der Waals surface area contributed by atoms with Crippen molar-refractivity contribution in [1.82, 2.24) is 9.78 Å². The van der Waals surface area contributed by atoms with Crippen LogP contribution in [0, 0.1) is 6.20 Å². The quantitative estimate of drug-likeness (QED) is 0.568. The first-order chi connectivity index (χ1) is 4.97. The molecule has 1 fully saturated rings. The summed E-state index contributed by atoms with van der Waals surface area (Å²) in [6, 6.07) is 2.27. The summed E-state index contributed by atoms with van der Waals surface area (Å²) in [5.74, 6) is 0. The normalized spacial score (nSPS) is 25.4. The average molecular weight is 137 g/mol. The molecule has 1 unspecified atom stereocenters. The van der Waals surface area contributed by atoms with Crippen LogP contribution in [0.25, 0.3) is 0 Å². The second-order valence-corrected chi connectivity index (χ2v) is 2.44. The molecule has 2 rings (SSSR count). The van der Waals surface area contributed by atoms with Gasteiger partial charge in [0.1, 0.15) is 6.20 Å². The molecule has 1 aliphatic rings. The predicted octanol–water partition coefficient (Wildman–Crippen LogP) is 0.645. The van der Waals surface area contributed by atoms with E-state index >= 15 is 0 Å². The molecule has 1 atom stereocenters. The standard InChI is InChI=1S/C7H9N2O/c1-3-8-9(4-1)7-2-5-10-6-7/h1,4,7H,2,5-6H2. The summed E-state index contributed by atoms with van der Waals surface area (Å²) in [5, 5.41) is 4.01. The minimum absolute atomic E-state index is 0.450. The lowest BCUT2D eigenvalue weighted by atomic mass is 10.3. The van der Waals surface area contributed by atoms with E-state index in [-0.39, 0.29) is 0 Å². The smallest absolute Gasteiger partial charge is 0.113 e. The molecule has 0 aromatic carbocycles. The first-order valence-corrected chi connectivity index (χ1v) is 3.46. The molecular formula is C7H9N2O. The van der Waals surface area contributed by atoms with E-state index in [0.29, 0.717) is 6.04 Å². The summed E-state index contributed by atoms with van der Waals surface area (Å²) in [7, 11) is 0. The zero-order valence-corrected chi connectivity index (χ0v) is 5.66. The third-order valence-corrected chi connectivity index (χ3v) is 1.75. The lowest BCUT2D eigenvalue weighted by Crippen LogP contribution is -2.08. The van der Waals surface area contributed by atoms with Crippen molar-refractivity contribution >= 4 is 0 Å². The van der Waals surface area contributed by atoms with Crippen molar-refractivity contribution in [1.29, 1.82) is 0 Å². The van der Waals surface area contributed by atoms with Crippen molar-refractivity contribution in [3.05, 3.63) is 18.5 Å². The van der Waals surface area contributed by atoms with Gasteiger partial charge in [-0.15, -0.1) is 0 Å². The molecule has 1 radical (unpaired) electrons. The van der Waals surface area contributed by atoms with Gasteiger partial charge in [0.15, 0.2) is 0 Å². The maximum atomic E-state index is 5.21. The van der Waals surface area contributed by atoms with Gasteiger partial charge < -0.3 is 4.74 Å². The summed E-state index contributed by atoms with van der Waals surface area (Å²) in [6.45, 7) is 1.67. The van der Waals surface area contributed by atoms with Crippen LogP contribution in [0.15, 0.2) is 12.3 Å². The third-order valence-electron chi connectivity index (χ3n) is 1.75. The second-order valence-electron chi connectivity index (χ2n) is 2.44. The highest BCUT2D eigenvalue weighted by Gasteiger charge is 2.16.